The summed E-state index contributed by atoms with van der Waals surface area (Å²) in [5, 5.41) is 3.97. The maximum absolute atomic E-state index is 11.6. The van der Waals surface area contributed by atoms with E-state index < -0.39 is 5.97 Å². The van der Waals surface area contributed by atoms with Crippen LogP contribution in [0.1, 0.15) is 29.4 Å². The van der Waals surface area contributed by atoms with Gasteiger partial charge in [-0.25, -0.2) is 9.48 Å². The van der Waals surface area contributed by atoms with E-state index in [2.05, 4.69) is 25.8 Å². The van der Waals surface area contributed by atoms with Crippen LogP contribution in [0.5, 0.6) is 0 Å². The smallest absolute Gasteiger partial charge is 0.358 e. The van der Waals surface area contributed by atoms with E-state index in [0.717, 1.165) is 12.8 Å². The van der Waals surface area contributed by atoms with Crippen molar-refractivity contribution in [3.63, 3.8) is 0 Å². The first-order valence-corrected chi connectivity index (χ1v) is 5.30. The number of methoxy groups -OCH3 is 1. The van der Waals surface area contributed by atoms with Gasteiger partial charge in [-0.05, 0) is 34.8 Å². The van der Waals surface area contributed by atoms with Crippen LogP contribution in [0.4, 0.5) is 0 Å². The fourth-order valence-electron chi connectivity index (χ4n) is 1.25. The number of hydrogen-bond acceptors (Lipinski definition) is 4. The van der Waals surface area contributed by atoms with E-state index in [9.17, 15) is 9.59 Å². The van der Waals surface area contributed by atoms with E-state index in [0.29, 0.717) is 4.47 Å². The van der Waals surface area contributed by atoms with Crippen molar-refractivity contribution in [1.82, 2.24) is 9.78 Å². The summed E-state index contributed by atoms with van der Waals surface area (Å²) in [6, 6.07) is 1.52. The van der Waals surface area contributed by atoms with Gasteiger partial charge in [-0.1, -0.05) is 0 Å². The molecule has 0 aliphatic heterocycles. The van der Waals surface area contributed by atoms with E-state index in [-0.39, 0.29) is 17.3 Å². The summed E-state index contributed by atoms with van der Waals surface area (Å²) in [5.74, 6) is -0.537. The molecule has 1 saturated carbocycles. The third-order valence-corrected chi connectivity index (χ3v) is 2.75. The second-order valence-electron chi connectivity index (χ2n) is 3.35. The molecule has 0 unspecified atom stereocenters. The lowest BCUT2D eigenvalue weighted by atomic mass is 10.4. The first kappa shape index (κ1) is 10.4. The van der Waals surface area contributed by atoms with Gasteiger partial charge in [-0.3, -0.25) is 4.79 Å². The minimum absolute atomic E-state index is 0.137. The fraction of sp³-hybridized carbons (Fsp3) is 0.444. The third-order valence-electron chi connectivity index (χ3n) is 2.18. The summed E-state index contributed by atoms with van der Waals surface area (Å²) in [7, 11) is 1.28. The Kier molecular flexibility index (Phi) is 2.60. The first-order valence-electron chi connectivity index (χ1n) is 4.51. The molecule has 1 heterocycles. The van der Waals surface area contributed by atoms with Crippen LogP contribution in [0.25, 0.3) is 0 Å². The first-order chi connectivity index (χ1) is 7.13. The molecule has 0 N–H and O–H groups in total. The highest BCUT2D eigenvalue weighted by atomic mass is 79.9. The summed E-state index contributed by atoms with van der Waals surface area (Å²) in [6.07, 6.45) is 1.87. The number of carbonyl (C=O) groups is 1. The average molecular weight is 273 g/mol. The highest BCUT2D eigenvalue weighted by Gasteiger charge is 2.27. The normalized spacial score (nSPS) is 15.1. The Morgan fingerprint density at radius 3 is 2.87 bits per heavy atom. The van der Waals surface area contributed by atoms with Gasteiger partial charge in [0.2, 0.25) is 0 Å². The molecule has 1 aromatic heterocycles. The Labute approximate surface area is 94.2 Å². The molecule has 0 spiro atoms. The molecule has 0 amide bonds. The van der Waals surface area contributed by atoms with E-state index in [4.69, 9.17) is 0 Å². The molecule has 1 aliphatic carbocycles. The Balaban J connectivity index is 2.50. The Hall–Kier alpha value is -1.17. The van der Waals surface area contributed by atoms with Crippen LogP contribution in [-0.2, 0) is 4.74 Å². The van der Waals surface area contributed by atoms with Crippen molar-refractivity contribution < 1.29 is 9.53 Å². The van der Waals surface area contributed by atoms with Crippen molar-refractivity contribution in [2.75, 3.05) is 7.11 Å². The van der Waals surface area contributed by atoms with E-state index in [1.165, 1.54) is 17.9 Å². The lowest BCUT2D eigenvalue weighted by molar-refractivity contribution is 0.0590. The minimum Gasteiger partial charge on any atom is -0.464 e. The topological polar surface area (TPSA) is 61.2 Å². The molecule has 15 heavy (non-hydrogen) atoms. The van der Waals surface area contributed by atoms with Gasteiger partial charge in [0.05, 0.1) is 17.6 Å². The zero-order valence-corrected chi connectivity index (χ0v) is 9.65. The molecule has 1 fully saturated rings. The molecule has 0 radical (unpaired) electrons. The number of rotatable bonds is 2. The SMILES string of the molecule is COC(=O)c1cc(Br)c(=O)n(C2CC2)n1. The summed E-state index contributed by atoms with van der Waals surface area (Å²) >= 11 is 3.11. The van der Waals surface area contributed by atoms with E-state index in [1.807, 2.05) is 0 Å². The number of esters is 1. The monoisotopic (exact) mass is 272 g/mol. The predicted molar refractivity (Wildman–Crippen MR) is 55.8 cm³/mol. The number of ether oxygens (including phenoxy) is 1. The molecule has 0 atom stereocenters. The van der Waals surface area contributed by atoms with Crippen LogP contribution in [-0.4, -0.2) is 22.9 Å². The van der Waals surface area contributed by atoms with Crippen molar-refractivity contribution in [2.45, 2.75) is 18.9 Å². The van der Waals surface area contributed by atoms with Crippen LogP contribution in [0, 0.1) is 0 Å². The number of aromatic nitrogens is 2. The quantitative estimate of drug-likeness (QED) is 0.758. The molecule has 1 aliphatic rings. The predicted octanol–water partition coefficient (Wildman–Crippen LogP) is 1.13. The molecular formula is C9H9BrN2O3. The highest BCUT2D eigenvalue weighted by molar-refractivity contribution is 9.10. The van der Waals surface area contributed by atoms with Crippen LogP contribution < -0.4 is 5.56 Å². The maximum Gasteiger partial charge on any atom is 0.358 e. The van der Waals surface area contributed by atoms with E-state index >= 15 is 0 Å². The Morgan fingerprint density at radius 2 is 2.33 bits per heavy atom. The van der Waals surface area contributed by atoms with Gasteiger partial charge in [0.25, 0.3) is 5.56 Å². The Bertz CT molecular complexity index is 465. The lowest BCUT2D eigenvalue weighted by Crippen LogP contribution is -2.25. The summed E-state index contributed by atoms with van der Waals surface area (Å²) in [6.45, 7) is 0. The fourth-order valence-corrected chi connectivity index (χ4v) is 1.65. The average Bonchev–Trinajstić information content (AvgIpc) is 3.04. The van der Waals surface area contributed by atoms with Crippen molar-refractivity contribution in [1.29, 1.82) is 0 Å². The largest absolute Gasteiger partial charge is 0.464 e. The van der Waals surface area contributed by atoms with Crippen LogP contribution in [0.3, 0.4) is 0 Å². The van der Waals surface area contributed by atoms with Crippen molar-refractivity contribution in [3.8, 4) is 0 Å². The molecule has 0 bridgehead atoms. The molecule has 5 nitrogen and oxygen atoms in total. The lowest BCUT2D eigenvalue weighted by Gasteiger charge is -2.05. The van der Waals surface area contributed by atoms with Crippen molar-refractivity contribution in [3.05, 3.63) is 26.6 Å². The van der Waals surface area contributed by atoms with Gasteiger partial charge < -0.3 is 4.74 Å². The van der Waals surface area contributed by atoms with Crippen LogP contribution in [0.15, 0.2) is 15.3 Å². The number of halogens is 1. The second-order valence-corrected chi connectivity index (χ2v) is 4.20. The summed E-state index contributed by atoms with van der Waals surface area (Å²) in [4.78, 5) is 22.9. The van der Waals surface area contributed by atoms with E-state index in [1.54, 1.807) is 0 Å². The van der Waals surface area contributed by atoms with Gasteiger partial charge in [-0.2, -0.15) is 5.10 Å². The zero-order chi connectivity index (χ0) is 11.0. The molecule has 1 aromatic rings. The van der Waals surface area contributed by atoms with Gasteiger partial charge in [0.15, 0.2) is 5.69 Å². The van der Waals surface area contributed by atoms with Crippen LogP contribution in [0.2, 0.25) is 0 Å². The summed E-state index contributed by atoms with van der Waals surface area (Å²) in [5.41, 5.74) is -0.0546. The maximum atomic E-state index is 11.6. The van der Waals surface area contributed by atoms with Gasteiger partial charge in [-0.15, -0.1) is 0 Å². The molecule has 0 saturated heterocycles. The van der Waals surface area contributed by atoms with Gasteiger partial charge in [0, 0.05) is 0 Å². The number of nitrogens with zero attached hydrogens (tertiary/aromatic N) is 2. The molecule has 80 valence electrons. The zero-order valence-electron chi connectivity index (χ0n) is 8.07. The number of hydrogen-bond donors (Lipinski definition) is 0. The van der Waals surface area contributed by atoms with Gasteiger partial charge >= 0.3 is 5.97 Å². The minimum atomic E-state index is -0.537. The molecule has 0 aromatic carbocycles. The van der Waals surface area contributed by atoms with Crippen molar-refractivity contribution in [2.24, 2.45) is 0 Å². The molecular weight excluding hydrogens is 264 g/mol. The van der Waals surface area contributed by atoms with Gasteiger partial charge in [0.1, 0.15) is 0 Å². The van der Waals surface area contributed by atoms with Crippen molar-refractivity contribution >= 4 is 21.9 Å². The standard InChI is InChI=1S/C9H9BrN2O3/c1-15-9(14)7-4-6(10)8(13)12(11-7)5-2-3-5/h4-5H,2-3H2,1H3. The second kappa shape index (κ2) is 3.77. The molecule has 2 rings (SSSR count). The molecule has 6 heteroatoms. The number of carbonyl (C=O) groups excluding carboxylic acids is 1. The van der Waals surface area contributed by atoms with Crippen LogP contribution >= 0.6 is 15.9 Å². The summed E-state index contributed by atoms with van der Waals surface area (Å²) < 4.78 is 6.23. The third kappa shape index (κ3) is 1.94. The highest BCUT2D eigenvalue weighted by Crippen LogP contribution is 2.32. The Morgan fingerprint density at radius 1 is 1.67 bits per heavy atom.